The maximum Gasteiger partial charge on any atom is 0.271 e. The number of halogens is 1. The molecule has 1 N–H and O–H groups in total. The molecule has 0 aliphatic rings. The highest BCUT2D eigenvalue weighted by molar-refractivity contribution is 9.10. The first-order valence-corrected chi connectivity index (χ1v) is 9.79. The van der Waals surface area contributed by atoms with Gasteiger partial charge in [-0.25, -0.2) is 0 Å². The van der Waals surface area contributed by atoms with E-state index in [-0.39, 0.29) is 5.56 Å². The van der Waals surface area contributed by atoms with E-state index >= 15 is 0 Å². The Morgan fingerprint density at radius 3 is 2.31 bits per heavy atom. The first-order chi connectivity index (χ1) is 14.2. The number of hydrazone groups is 1. The van der Waals surface area contributed by atoms with Gasteiger partial charge in [0.25, 0.3) is 5.56 Å². The van der Waals surface area contributed by atoms with Crippen molar-refractivity contribution in [1.82, 2.24) is 9.78 Å². The summed E-state index contributed by atoms with van der Waals surface area (Å²) >= 11 is 3.40. The van der Waals surface area contributed by atoms with Crippen LogP contribution in [0.5, 0.6) is 0 Å². The largest absolute Gasteiger partial charge is 0.279 e. The number of anilines is 1. The second-order valence-corrected chi connectivity index (χ2v) is 7.22. The van der Waals surface area contributed by atoms with Gasteiger partial charge < -0.3 is 0 Å². The standard InChI is InChI=1S/C23H17BrN4O/c24-19-8-10-20(11-9-19)26-25-16-17-6-12-21(13-7-17)28-23(29)15-14-22(27-28)18-4-2-1-3-5-18/h1-16,26H. The molecule has 4 rings (SSSR count). The molecular formula is C23H17BrN4O. The van der Waals surface area contributed by atoms with Crippen molar-refractivity contribution in [2.24, 2.45) is 5.10 Å². The lowest BCUT2D eigenvalue weighted by Crippen LogP contribution is -2.20. The Hall–Kier alpha value is -3.51. The van der Waals surface area contributed by atoms with Crippen LogP contribution >= 0.6 is 15.9 Å². The number of rotatable bonds is 5. The van der Waals surface area contributed by atoms with Crippen LogP contribution in [0.3, 0.4) is 0 Å². The van der Waals surface area contributed by atoms with Crippen molar-refractivity contribution in [2.45, 2.75) is 0 Å². The first-order valence-electron chi connectivity index (χ1n) is 9.00. The molecule has 29 heavy (non-hydrogen) atoms. The summed E-state index contributed by atoms with van der Waals surface area (Å²) in [6.07, 6.45) is 1.72. The Labute approximate surface area is 176 Å². The minimum Gasteiger partial charge on any atom is -0.279 e. The lowest BCUT2D eigenvalue weighted by atomic mass is 10.1. The SMILES string of the molecule is O=c1ccc(-c2ccccc2)nn1-c1ccc(C=NNc2ccc(Br)cc2)cc1. The van der Waals surface area contributed by atoms with Crippen LogP contribution in [-0.4, -0.2) is 16.0 Å². The van der Waals surface area contributed by atoms with Crippen LogP contribution in [0.1, 0.15) is 5.56 Å². The van der Waals surface area contributed by atoms with Crippen molar-refractivity contribution in [3.63, 3.8) is 0 Å². The average molecular weight is 445 g/mol. The summed E-state index contributed by atoms with van der Waals surface area (Å²) in [5.41, 5.74) is 7.02. The second kappa shape index (κ2) is 8.67. The van der Waals surface area contributed by atoms with Crippen LogP contribution in [0.15, 0.2) is 105 Å². The molecule has 0 bridgehead atoms. The van der Waals surface area contributed by atoms with Gasteiger partial charge >= 0.3 is 0 Å². The van der Waals surface area contributed by atoms with E-state index in [1.807, 2.05) is 78.9 Å². The molecule has 0 aliphatic heterocycles. The van der Waals surface area contributed by atoms with Gasteiger partial charge in [-0.1, -0.05) is 58.4 Å². The summed E-state index contributed by atoms with van der Waals surface area (Å²) in [6.45, 7) is 0. The molecular weight excluding hydrogens is 428 g/mol. The van der Waals surface area contributed by atoms with Crippen LogP contribution in [0.4, 0.5) is 5.69 Å². The average Bonchev–Trinajstić information content (AvgIpc) is 2.77. The summed E-state index contributed by atoms with van der Waals surface area (Å²) in [4.78, 5) is 12.3. The van der Waals surface area contributed by atoms with Gasteiger partial charge in [0, 0.05) is 16.1 Å². The number of aromatic nitrogens is 2. The molecule has 1 heterocycles. The molecule has 142 valence electrons. The topological polar surface area (TPSA) is 59.3 Å². The second-order valence-electron chi connectivity index (χ2n) is 6.30. The Bertz CT molecular complexity index is 1180. The fourth-order valence-corrected chi connectivity index (χ4v) is 3.03. The summed E-state index contributed by atoms with van der Waals surface area (Å²) in [7, 11) is 0. The third kappa shape index (κ3) is 4.67. The van der Waals surface area contributed by atoms with Gasteiger partial charge in [0.2, 0.25) is 0 Å². The van der Waals surface area contributed by atoms with Crippen LogP contribution < -0.4 is 11.0 Å². The van der Waals surface area contributed by atoms with E-state index in [4.69, 9.17) is 0 Å². The first kappa shape index (κ1) is 18.8. The van der Waals surface area contributed by atoms with Crippen molar-refractivity contribution in [3.05, 3.63) is 111 Å². The maximum absolute atomic E-state index is 12.3. The zero-order valence-electron chi connectivity index (χ0n) is 15.4. The zero-order valence-corrected chi connectivity index (χ0v) is 17.0. The van der Waals surface area contributed by atoms with E-state index < -0.39 is 0 Å². The smallest absolute Gasteiger partial charge is 0.271 e. The summed E-state index contributed by atoms with van der Waals surface area (Å²) < 4.78 is 2.42. The minimum absolute atomic E-state index is 0.178. The highest BCUT2D eigenvalue weighted by atomic mass is 79.9. The molecule has 0 radical (unpaired) electrons. The van der Waals surface area contributed by atoms with E-state index in [9.17, 15) is 4.79 Å². The normalized spacial score (nSPS) is 10.9. The lowest BCUT2D eigenvalue weighted by molar-refractivity contribution is 0.812. The summed E-state index contributed by atoms with van der Waals surface area (Å²) in [5, 5.41) is 8.75. The van der Waals surface area contributed by atoms with E-state index in [0.717, 1.165) is 27.0 Å². The van der Waals surface area contributed by atoms with Crippen LogP contribution in [-0.2, 0) is 0 Å². The number of nitrogens with one attached hydrogen (secondary N) is 1. The number of hydrogen-bond donors (Lipinski definition) is 1. The molecule has 5 nitrogen and oxygen atoms in total. The third-order valence-corrected chi connectivity index (χ3v) is 4.79. The molecule has 0 aliphatic carbocycles. The van der Waals surface area contributed by atoms with Gasteiger partial charge in [-0.05, 0) is 48.0 Å². The highest BCUT2D eigenvalue weighted by Gasteiger charge is 2.05. The maximum atomic E-state index is 12.3. The van der Waals surface area contributed by atoms with Gasteiger partial charge in [0.15, 0.2) is 0 Å². The molecule has 1 aromatic heterocycles. The number of benzene rings is 3. The third-order valence-electron chi connectivity index (χ3n) is 4.26. The highest BCUT2D eigenvalue weighted by Crippen LogP contribution is 2.16. The predicted octanol–water partition coefficient (Wildman–Crippen LogP) is 5.11. The van der Waals surface area contributed by atoms with Crippen molar-refractivity contribution >= 4 is 27.8 Å². The Balaban J connectivity index is 1.52. The number of nitrogens with zero attached hydrogens (tertiary/aromatic N) is 3. The van der Waals surface area contributed by atoms with Gasteiger partial charge in [0.05, 0.1) is 23.3 Å². The predicted molar refractivity (Wildman–Crippen MR) is 121 cm³/mol. The van der Waals surface area contributed by atoms with Gasteiger partial charge in [-0.15, -0.1) is 0 Å². The fraction of sp³-hybridized carbons (Fsp3) is 0. The van der Waals surface area contributed by atoms with E-state index in [1.165, 1.54) is 10.7 Å². The van der Waals surface area contributed by atoms with Crippen molar-refractivity contribution < 1.29 is 0 Å². The van der Waals surface area contributed by atoms with Gasteiger partial charge in [-0.2, -0.15) is 14.9 Å². The molecule has 3 aromatic carbocycles. The summed E-state index contributed by atoms with van der Waals surface area (Å²) in [6, 6.07) is 28.3. The van der Waals surface area contributed by atoms with Crippen molar-refractivity contribution in [1.29, 1.82) is 0 Å². The molecule has 0 atom stereocenters. The van der Waals surface area contributed by atoms with Crippen LogP contribution in [0.25, 0.3) is 16.9 Å². The fourth-order valence-electron chi connectivity index (χ4n) is 2.77. The zero-order chi connectivity index (χ0) is 20.1. The number of hydrogen-bond acceptors (Lipinski definition) is 4. The molecule has 0 saturated carbocycles. The molecule has 6 heteroatoms. The molecule has 0 amide bonds. The monoisotopic (exact) mass is 444 g/mol. The van der Waals surface area contributed by atoms with Gasteiger partial charge in [0.1, 0.15) is 0 Å². The Morgan fingerprint density at radius 1 is 0.862 bits per heavy atom. The molecule has 0 unspecified atom stereocenters. The molecule has 0 fully saturated rings. The van der Waals surface area contributed by atoms with E-state index in [1.54, 1.807) is 12.3 Å². The minimum atomic E-state index is -0.178. The van der Waals surface area contributed by atoms with Crippen molar-refractivity contribution in [3.8, 4) is 16.9 Å². The molecule has 0 saturated heterocycles. The molecule has 0 spiro atoms. The van der Waals surface area contributed by atoms with E-state index in [0.29, 0.717) is 5.69 Å². The van der Waals surface area contributed by atoms with E-state index in [2.05, 4.69) is 31.6 Å². The Morgan fingerprint density at radius 2 is 1.59 bits per heavy atom. The van der Waals surface area contributed by atoms with Gasteiger partial charge in [-0.3, -0.25) is 10.2 Å². The lowest BCUT2D eigenvalue weighted by Gasteiger charge is -2.07. The van der Waals surface area contributed by atoms with Crippen LogP contribution in [0.2, 0.25) is 0 Å². The molecule has 4 aromatic rings. The summed E-state index contributed by atoms with van der Waals surface area (Å²) in [5.74, 6) is 0. The Kier molecular flexibility index (Phi) is 5.63. The quantitative estimate of drug-likeness (QED) is 0.343. The van der Waals surface area contributed by atoms with Crippen molar-refractivity contribution in [2.75, 3.05) is 5.43 Å². The van der Waals surface area contributed by atoms with Crippen LogP contribution in [0, 0.1) is 0 Å².